The minimum Gasteiger partial charge on any atom is -0.478 e. The molecule has 0 atom stereocenters. The Bertz CT molecular complexity index is 503. The minimum atomic E-state index is -1.22. The first kappa shape index (κ1) is 13.6. The van der Waals surface area contributed by atoms with Gasteiger partial charge in [0.15, 0.2) is 0 Å². The molecule has 1 fully saturated rings. The number of nitrogens with zero attached hydrogens (tertiary/aromatic N) is 2. The van der Waals surface area contributed by atoms with Gasteiger partial charge in [-0.3, -0.25) is 10.1 Å². The van der Waals surface area contributed by atoms with Crippen LogP contribution in [-0.2, 0) is 0 Å². The molecule has 1 aliphatic heterocycles. The molecule has 2 heterocycles. The number of pyridine rings is 1. The fourth-order valence-corrected chi connectivity index (χ4v) is 2.97. The molecule has 0 bridgehead atoms. The van der Waals surface area contributed by atoms with Gasteiger partial charge in [0.1, 0.15) is 17.6 Å². The van der Waals surface area contributed by atoms with Crippen LogP contribution in [0, 0.1) is 10.1 Å². The predicted octanol–water partition coefficient (Wildman–Crippen LogP) is 2.00. The largest absolute Gasteiger partial charge is 0.478 e. The normalized spacial score (nSPS) is 16.0. The number of carboxylic acids is 1. The van der Waals surface area contributed by atoms with Crippen LogP contribution >= 0.6 is 11.8 Å². The molecular weight excluding hydrogens is 270 g/mol. The van der Waals surface area contributed by atoms with Crippen LogP contribution in [0.1, 0.15) is 23.2 Å². The van der Waals surface area contributed by atoms with Crippen molar-refractivity contribution in [2.75, 3.05) is 16.8 Å². The third-order valence-electron chi connectivity index (χ3n) is 2.88. The number of nitrogens with one attached hydrogen (secondary N) is 1. The summed E-state index contributed by atoms with van der Waals surface area (Å²) in [6.07, 6.45) is 2.94. The SMILES string of the molecule is O=C(O)c1cc([N+](=O)[O-])cnc1NC1CCSCC1. The number of hydrogen-bond acceptors (Lipinski definition) is 6. The summed E-state index contributed by atoms with van der Waals surface area (Å²) in [4.78, 5) is 25.0. The lowest BCUT2D eigenvalue weighted by Gasteiger charge is -2.23. The van der Waals surface area contributed by atoms with Crippen LogP contribution in [0.15, 0.2) is 12.3 Å². The highest BCUT2D eigenvalue weighted by molar-refractivity contribution is 7.99. The van der Waals surface area contributed by atoms with Crippen LogP contribution in [0.4, 0.5) is 11.5 Å². The number of nitro groups is 1. The van der Waals surface area contributed by atoms with Crippen LogP contribution in [0.2, 0.25) is 0 Å². The molecule has 2 N–H and O–H groups in total. The van der Waals surface area contributed by atoms with Gasteiger partial charge in [0.2, 0.25) is 0 Å². The van der Waals surface area contributed by atoms with E-state index in [1.807, 2.05) is 11.8 Å². The van der Waals surface area contributed by atoms with E-state index in [1.54, 1.807) is 0 Å². The zero-order chi connectivity index (χ0) is 13.8. The Morgan fingerprint density at radius 3 is 2.79 bits per heavy atom. The van der Waals surface area contributed by atoms with E-state index < -0.39 is 10.9 Å². The molecule has 0 aliphatic carbocycles. The predicted molar refractivity (Wildman–Crippen MR) is 71.8 cm³/mol. The first-order valence-electron chi connectivity index (χ1n) is 5.80. The molecule has 1 saturated heterocycles. The molecule has 1 aromatic heterocycles. The highest BCUT2D eigenvalue weighted by Crippen LogP contribution is 2.24. The second kappa shape index (κ2) is 5.87. The Labute approximate surface area is 113 Å². The Morgan fingerprint density at radius 1 is 1.53 bits per heavy atom. The van der Waals surface area contributed by atoms with Gasteiger partial charge in [0, 0.05) is 12.1 Å². The van der Waals surface area contributed by atoms with Crippen molar-refractivity contribution >= 4 is 29.2 Å². The van der Waals surface area contributed by atoms with Crippen molar-refractivity contribution in [3.63, 3.8) is 0 Å². The molecule has 0 saturated carbocycles. The van der Waals surface area contributed by atoms with E-state index in [1.165, 1.54) is 0 Å². The van der Waals surface area contributed by atoms with E-state index >= 15 is 0 Å². The fourth-order valence-electron chi connectivity index (χ4n) is 1.87. The van der Waals surface area contributed by atoms with Gasteiger partial charge in [-0.25, -0.2) is 9.78 Å². The van der Waals surface area contributed by atoms with E-state index in [0.717, 1.165) is 36.6 Å². The maximum absolute atomic E-state index is 11.1. The zero-order valence-electron chi connectivity index (χ0n) is 10.0. The molecule has 1 aromatic rings. The molecule has 7 nitrogen and oxygen atoms in total. The van der Waals surface area contributed by atoms with Gasteiger partial charge in [0.05, 0.1) is 4.92 Å². The van der Waals surface area contributed by atoms with Crippen molar-refractivity contribution in [2.45, 2.75) is 18.9 Å². The minimum absolute atomic E-state index is 0.160. The highest BCUT2D eigenvalue weighted by atomic mass is 32.2. The standard InChI is InChI=1S/C11H13N3O4S/c15-11(16)9-5-8(14(17)18)6-12-10(9)13-7-1-3-19-4-2-7/h5-7H,1-4H2,(H,12,13)(H,15,16). The summed E-state index contributed by atoms with van der Waals surface area (Å²) < 4.78 is 0. The summed E-state index contributed by atoms with van der Waals surface area (Å²) in [7, 11) is 0. The Balaban J connectivity index is 2.23. The molecule has 8 heteroatoms. The van der Waals surface area contributed by atoms with Crippen LogP contribution in [-0.4, -0.2) is 38.5 Å². The van der Waals surface area contributed by atoms with Crippen LogP contribution in [0.5, 0.6) is 0 Å². The lowest BCUT2D eigenvalue weighted by Crippen LogP contribution is -2.26. The van der Waals surface area contributed by atoms with E-state index in [-0.39, 0.29) is 23.1 Å². The smallest absolute Gasteiger partial charge is 0.339 e. The van der Waals surface area contributed by atoms with E-state index in [2.05, 4.69) is 10.3 Å². The maximum atomic E-state index is 11.1. The number of thioether (sulfide) groups is 1. The van der Waals surface area contributed by atoms with Crippen molar-refractivity contribution in [3.05, 3.63) is 27.9 Å². The average Bonchev–Trinajstić information content (AvgIpc) is 2.39. The van der Waals surface area contributed by atoms with Crippen molar-refractivity contribution in [2.24, 2.45) is 0 Å². The molecule has 0 radical (unpaired) electrons. The lowest BCUT2D eigenvalue weighted by atomic mass is 10.1. The summed E-state index contributed by atoms with van der Waals surface area (Å²) >= 11 is 1.86. The molecule has 2 rings (SSSR count). The van der Waals surface area contributed by atoms with E-state index in [9.17, 15) is 14.9 Å². The topological polar surface area (TPSA) is 105 Å². The number of carbonyl (C=O) groups is 1. The average molecular weight is 283 g/mol. The van der Waals surface area contributed by atoms with Gasteiger partial charge >= 0.3 is 5.97 Å². The molecule has 1 aliphatic rings. The van der Waals surface area contributed by atoms with E-state index in [4.69, 9.17) is 5.11 Å². The number of aromatic carboxylic acids is 1. The maximum Gasteiger partial charge on any atom is 0.339 e. The monoisotopic (exact) mass is 283 g/mol. The highest BCUT2D eigenvalue weighted by Gasteiger charge is 2.21. The first-order valence-corrected chi connectivity index (χ1v) is 6.95. The van der Waals surface area contributed by atoms with E-state index in [0.29, 0.717) is 0 Å². The number of carboxylic acid groups (broad SMARTS) is 1. The molecular formula is C11H13N3O4S. The van der Waals surface area contributed by atoms with Gasteiger partial charge in [-0.05, 0) is 24.3 Å². The van der Waals surface area contributed by atoms with Gasteiger partial charge in [-0.15, -0.1) is 0 Å². The quantitative estimate of drug-likeness (QED) is 0.643. The third kappa shape index (κ3) is 3.34. The molecule has 19 heavy (non-hydrogen) atoms. The molecule has 0 unspecified atom stereocenters. The summed E-state index contributed by atoms with van der Waals surface area (Å²) in [6.45, 7) is 0. The van der Waals surface area contributed by atoms with Crippen molar-refractivity contribution in [3.8, 4) is 0 Å². The number of rotatable bonds is 4. The number of hydrogen-bond donors (Lipinski definition) is 2. The second-order valence-corrected chi connectivity index (χ2v) is 5.41. The number of anilines is 1. The van der Waals surface area contributed by atoms with Crippen LogP contribution in [0.25, 0.3) is 0 Å². The molecule has 0 spiro atoms. The second-order valence-electron chi connectivity index (χ2n) is 4.18. The molecule has 102 valence electrons. The summed E-state index contributed by atoms with van der Waals surface area (Å²) in [5.74, 6) is 1.03. The lowest BCUT2D eigenvalue weighted by molar-refractivity contribution is -0.385. The Kier molecular flexibility index (Phi) is 4.20. The van der Waals surface area contributed by atoms with Crippen molar-refractivity contribution < 1.29 is 14.8 Å². The summed E-state index contributed by atoms with van der Waals surface area (Å²) in [5.41, 5.74) is -0.477. The molecule has 0 aromatic carbocycles. The van der Waals surface area contributed by atoms with Crippen molar-refractivity contribution in [1.29, 1.82) is 0 Å². The van der Waals surface area contributed by atoms with Gasteiger partial charge < -0.3 is 10.4 Å². The first-order chi connectivity index (χ1) is 9.08. The Hall–Kier alpha value is -1.83. The molecule has 0 amide bonds. The van der Waals surface area contributed by atoms with Crippen LogP contribution < -0.4 is 5.32 Å². The van der Waals surface area contributed by atoms with Crippen molar-refractivity contribution in [1.82, 2.24) is 4.98 Å². The Morgan fingerprint density at radius 2 is 2.21 bits per heavy atom. The summed E-state index contributed by atoms with van der Waals surface area (Å²) in [5, 5.41) is 22.8. The van der Waals surface area contributed by atoms with Gasteiger partial charge in [-0.1, -0.05) is 0 Å². The van der Waals surface area contributed by atoms with Crippen LogP contribution in [0.3, 0.4) is 0 Å². The summed E-state index contributed by atoms with van der Waals surface area (Å²) in [6, 6.07) is 1.21. The number of aromatic nitrogens is 1. The fraction of sp³-hybridized carbons (Fsp3) is 0.455. The van der Waals surface area contributed by atoms with Gasteiger partial charge in [0.25, 0.3) is 5.69 Å². The zero-order valence-corrected chi connectivity index (χ0v) is 10.9. The van der Waals surface area contributed by atoms with Gasteiger partial charge in [-0.2, -0.15) is 11.8 Å². The third-order valence-corrected chi connectivity index (χ3v) is 3.93.